The summed E-state index contributed by atoms with van der Waals surface area (Å²) in [4.78, 5) is 32.5. The lowest BCUT2D eigenvalue weighted by Crippen LogP contribution is -2.65. The molecule has 4 rings (SSSR count). The lowest BCUT2D eigenvalue weighted by Gasteiger charge is -2.45. The number of hydrogen-bond acceptors (Lipinski definition) is 4. The molecule has 2 aliphatic heterocycles. The standard InChI is InChI=1S/C20H18ClF2N3O3/c1-11-2-3-12(4-15(11)22)7-25-17(27)8-26(19-16(23)5-14(21)6-24-19)20(28)18(25)13-9-29-10-13/h2-6,13,18H,7-10H2,1H3. The van der Waals surface area contributed by atoms with Gasteiger partial charge in [-0.15, -0.1) is 0 Å². The summed E-state index contributed by atoms with van der Waals surface area (Å²) in [7, 11) is 0. The van der Waals surface area contributed by atoms with Crippen molar-refractivity contribution in [3.8, 4) is 0 Å². The molecule has 0 radical (unpaired) electrons. The van der Waals surface area contributed by atoms with Crippen molar-refractivity contribution in [3.63, 3.8) is 0 Å². The van der Waals surface area contributed by atoms with Gasteiger partial charge >= 0.3 is 0 Å². The molecular weight excluding hydrogens is 404 g/mol. The Balaban J connectivity index is 1.66. The topological polar surface area (TPSA) is 62.7 Å². The highest BCUT2D eigenvalue weighted by molar-refractivity contribution is 6.30. The maximum atomic E-state index is 14.4. The minimum absolute atomic E-state index is 0.0767. The van der Waals surface area contributed by atoms with Gasteiger partial charge in [0.05, 0.1) is 18.2 Å². The maximum Gasteiger partial charge on any atom is 0.251 e. The highest BCUT2D eigenvalue weighted by Gasteiger charge is 2.47. The zero-order chi connectivity index (χ0) is 20.7. The fourth-order valence-corrected chi connectivity index (χ4v) is 3.69. The van der Waals surface area contributed by atoms with Crippen molar-refractivity contribution in [2.24, 2.45) is 5.92 Å². The Labute approximate surface area is 171 Å². The average Bonchev–Trinajstić information content (AvgIpc) is 2.62. The number of carbonyl (C=O) groups is 2. The number of pyridine rings is 1. The molecule has 1 aromatic carbocycles. The number of benzene rings is 1. The van der Waals surface area contributed by atoms with E-state index in [0.717, 1.165) is 11.0 Å². The molecule has 2 aromatic rings. The molecule has 3 heterocycles. The number of halogens is 3. The molecule has 9 heteroatoms. The third-order valence-corrected chi connectivity index (χ3v) is 5.42. The normalized spacial score (nSPS) is 20.2. The van der Waals surface area contributed by atoms with E-state index in [4.69, 9.17) is 16.3 Å². The van der Waals surface area contributed by atoms with E-state index in [2.05, 4.69) is 4.98 Å². The molecule has 1 atom stereocenters. The molecule has 2 fully saturated rings. The van der Waals surface area contributed by atoms with Gasteiger partial charge in [-0.05, 0) is 30.2 Å². The van der Waals surface area contributed by atoms with Crippen molar-refractivity contribution in [1.82, 2.24) is 9.88 Å². The molecule has 29 heavy (non-hydrogen) atoms. The van der Waals surface area contributed by atoms with Gasteiger partial charge in [-0.2, -0.15) is 0 Å². The van der Waals surface area contributed by atoms with Crippen molar-refractivity contribution in [2.75, 3.05) is 24.7 Å². The van der Waals surface area contributed by atoms with Crippen LogP contribution in [0.4, 0.5) is 14.6 Å². The van der Waals surface area contributed by atoms with Gasteiger partial charge in [-0.3, -0.25) is 14.5 Å². The minimum Gasteiger partial charge on any atom is -0.380 e. The number of aromatic nitrogens is 1. The molecule has 6 nitrogen and oxygen atoms in total. The quantitative estimate of drug-likeness (QED) is 0.761. The fourth-order valence-electron chi connectivity index (χ4n) is 3.55. The van der Waals surface area contributed by atoms with Crippen LogP contribution in [-0.2, 0) is 20.9 Å². The monoisotopic (exact) mass is 421 g/mol. The summed E-state index contributed by atoms with van der Waals surface area (Å²) in [6.45, 7) is 1.99. The van der Waals surface area contributed by atoms with Crippen LogP contribution in [0.5, 0.6) is 0 Å². The number of ether oxygens (including phenoxy) is 1. The summed E-state index contributed by atoms with van der Waals surface area (Å²) in [6, 6.07) is 4.91. The Kier molecular flexibility index (Phi) is 5.23. The molecule has 0 N–H and O–H groups in total. The van der Waals surface area contributed by atoms with E-state index in [9.17, 15) is 18.4 Å². The smallest absolute Gasteiger partial charge is 0.251 e. The number of nitrogens with zero attached hydrogens (tertiary/aromatic N) is 3. The number of anilines is 1. The molecule has 0 aliphatic carbocycles. The lowest BCUT2D eigenvalue weighted by atomic mass is 9.92. The molecule has 2 aliphatic rings. The Morgan fingerprint density at radius 2 is 1.97 bits per heavy atom. The van der Waals surface area contributed by atoms with Gasteiger partial charge in [0.1, 0.15) is 18.4 Å². The van der Waals surface area contributed by atoms with Crippen molar-refractivity contribution < 1.29 is 23.1 Å². The third kappa shape index (κ3) is 3.70. The highest BCUT2D eigenvalue weighted by Crippen LogP contribution is 2.30. The number of carbonyl (C=O) groups excluding carboxylic acids is 2. The summed E-state index contributed by atoms with van der Waals surface area (Å²) in [6.07, 6.45) is 1.22. The SMILES string of the molecule is Cc1ccc(CN2C(=O)CN(c3ncc(Cl)cc3F)C(=O)C2C2COC2)cc1F. The first-order chi connectivity index (χ1) is 13.8. The molecule has 2 amide bonds. The number of piperazine rings is 1. The Hall–Kier alpha value is -2.58. The van der Waals surface area contributed by atoms with Gasteiger partial charge in [0.2, 0.25) is 5.91 Å². The molecule has 2 saturated heterocycles. The zero-order valence-corrected chi connectivity index (χ0v) is 16.3. The predicted molar refractivity (Wildman–Crippen MR) is 101 cm³/mol. The van der Waals surface area contributed by atoms with Crippen LogP contribution >= 0.6 is 11.6 Å². The number of amides is 2. The van der Waals surface area contributed by atoms with Crippen LogP contribution < -0.4 is 4.90 Å². The molecule has 152 valence electrons. The van der Waals surface area contributed by atoms with Gasteiger partial charge in [0, 0.05) is 18.7 Å². The van der Waals surface area contributed by atoms with Crippen LogP contribution in [0.1, 0.15) is 11.1 Å². The first-order valence-corrected chi connectivity index (χ1v) is 9.47. The molecular formula is C20H18ClF2N3O3. The van der Waals surface area contributed by atoms with Crippen LogP contribution in [0.3, 0.4) is 0 Å². The summed E-state index contributed by atoms with van der Waals surface area (Å²) >= 11 is 5.74. The third-order valence-electron chi connectivity index (χ3n) is 5.21. The second-order valence-electron chi connectivity index (χ2n) is 7.23. The highest BCUT2D eigenvalue weighted by atomic mass is 35.5. The van der Waals surface area contributed by atoms with Crippen LogP contribution in [-0.4, -0.2) is 47.5 Å². The van der Waals surface area contributed by atoms with Crippen LogP contribution in [0.25, 0.3) is 0 Å². The Bertz CT molecular complexity index is 983. The molecule has 0 bridgehead atoms. The molecule has 1 aromatic heterocycles. The van der Waals surface area contributed by atoms with Gasteiger partial charge < -0.3 is 9.64 Å². The van der Waals surface area contributed by atoms with E-state index in [1.165, 1.54) is 17.2 Å². The summed E-state index contributed by atoms with van der Waals surface area (Å²) < 4.78 is 33.5. The number of rotatable bonds is 4. The molecule has 0 spiro atoms. The van der Waals surface area contributed by atoms with E-state index in [0.29, 0.717) is 24.3 Å². The first kappa shape index (κ1) is 19.7. The van der Waals surface area contributed by atoms with Crippen molar-refractivity contribution in [2.45, 2.75) is 19.5 Å². The van der Waals surface area contributed by atoms with E-state index in [-0.39, 0.29) is 41.6 Å². The van der Waals surface area contributed by atoms with E-state index >= 15 is 0 Å². The van der Waals surface area contributed by atoms with E-state index in [1.807, 2.05) is 0 Å². The summed E-state index contributed by atoms with van der Waals surface area (Å²) in [5.41, 5.74) is 1.07. The average molecular weight is 422 g/mol. The van der Waals surface area contributed by atoms with Crippen molar-refractivity contribution in [3.05, 3.63) is 58.2 Å². The van der Waals surface area contributed by atoms with Crippen LogP contribution in [0.2, 0.25) is 5.02 Å². The largest absolute Gasteiger partial charge is 0.380 e. The number of aryl methyl sites for hydroxylation is 1. The maximum absolute atomic E-state index is 14.4. The van der Waals surface area contributed by atoms with Crippen molar-refractivity contribution >= 4 is 29.2 Å². The number of hydrogen-bond donors (Lipinski definition) is 0. The lowest BCUT2D eigenvalue weighted by molar-refractivity contribution is -0.155. The minimum atomic E-state index is -0.841. The molecule has 0 saturated carbocycles. The van der Waals surface area contributed by atoms with Gasteiger partial charge in [-0.25, -0.2) is 13.8 Å². The predicted octanol–water partition coefficient (Wildman–Crippen LogP) is 2.71. The second kappa shape index (κ2) is 7.68. The summed E-state index contributed by atoms with van der Waals surface area (Å²) in [5.74, 6) is -2.44. The fraction of sp³-hybridized carbons (Fsp3) is 0.350. The van der Waals surface area contributed by atoms with Crippen LogP contribution in [0, 0.1) is 24.5 Å². The Morgan fingerprint density at radius 1 is 1.21 bits per heavy atom. The van der Waals surface area contributed by atoms with Gasteiger partial charge in [0.25, 0.3) is 5.91 Å². The van der Waals surface area contributed by atoms with Gasteiger partial charge in [0.15, 0.2) is 11.6 Å². The summed E-state index contributed by atoms with van der Waals surface area (Å²) in [5, 5.41) is 0.0917. The molecule has 1 unspecified atom stereocenters. The zero-order valence-electron chi connectivity index (χ0n) is 15.6. The Morgan fingerprint density at radius 3 is 2.59 bits per heavy atom. The van der Waals surface area contributed by atoms with Gasteiger partial charge in [-0.1, -0.05) is 23.7 Å². The van der Waals surface area contributed by atoms with Crippen LogP contribution in [0.15, 0.2) is 30.5 Å². The van der Waals surface area contributed by atoms with E-state index in [1.54, 1.807) is 19.1 Å². The first-order valence-electron chi connectivity index (χ1n) is 9.10. The van der Waals surface area contributed by atoms with E-state index < -0.39 is 17.8 Å². The second-order valence-corrected chi connectivity index (χ2v) is 7.67. The van der Waals surface area contributed by atoms with Crippen molar-refractivity contribution in [1.29, 1.82) is 0 Å².